The summed E-state index contributed by atoms with van der Waals surface area (Å²) in [4.78, 5) is 0. The summed E-state index contributed by atoms with van der Waals surface area (Å²) in [6.07, 6.45) is 3.88. The molecule has 0 aromatic heterocycles. The van der Waals surface area contributed by atoms with E-state index in [1.165, 1.54) is 0 Å². The van der Waals surface area contributed by atoms with E-state index in [1.54, 1.807) is 13.2 Å². The lowest BCUT2D eigenvalue weighted by Crippen LogP contribution is -1.87. The van der Waals surface area contributed by atoms with Gasteiger partial charge in [-0.15, -0.1) is 0 Å². The Balaban J connectivity index is 3.05. The number of hydrogen-bond donors (Lipinski definition) is 1. The normalized spacial score (nSPS) is 10.7. The molecule has 0 aliphatic carbocycles. The Morgan fingerprint density at radius 2 is 2.31 bits per heavy atom. The van der Waals surface area contributed by atoms with Crippen LogP contribution in [0.25, 0.3) is 6.08 Å². The van der Waals surface area contributed by atoms with E-state index in [9.17, 15) is 0 Å². The molecule has 0 aliphatic heterocycles. The second-order valence-corrected chi connectivity index (χ2v) is 3.22. The number of methoxy groups -OCH3 is 1. The Morgan fingerprint density at radius 1 is 1.54 bits per heavy atom. The Hall–Kier alpha value is -0.600. The predicted molar refractivity (Wildman–Crippen MR) is 60.9 cm³/mol. The Bertz CT molecular complexity index is 310. The molecule has 1 aromatic carbocycles. The van der Waals surface area contributed by atoms with Crippen molar-refractivity contribution in [2.75, 3.05) is 12.9 Å². The zero-order valence-corrected chi connectivity index (χ0v) is 8.98. The Kier molecular flexibility index (Phi) is 4.19. The quantitative estimate of drug-likeness (QED) is 0.760. The zero-order chi connectivity index (χ0) is 9.68. The largest absolute Gasteiger partial charge is 0.495 e. The summed E-state index contributed by atoms with van der Waals surface area (Å²) in [5.74, 6) is 1.41. The van der Waals surface area contributed by atoms with Crippen molar-refractivity contribution in [2.45, 2.75) is 0 Å². The van der Waals surface area contributed by atoms with Crippen LogP contribution in [0.3, 0.4) is 0 Å². The van der Waals surface area contributed by atoms with Gasteiger partial charge in [0.15, 0.2) is 0 Å². The van der Waals surface area contributed by atoms with E-state index in [4.69, 9.17) is 16.3 Å². The van der Waals surface area contributed by atoms with Crippen LogP contribution < -0.4 is 4.74 Å². The highest BCUT2D eigenvalue weighted by Gasteiger charge is 2.02. The van der Waals surface area contributed by atoms with E-state index < -0.39 is 0 Å². The maximum atomic E-state index is 5.93. The van der Waals surface area contributed by atoms with Gasteiger partial charge in [-0.3, -0.25) is 0 Å². The Labute approximate surface area is 88.8 Å². The van der Waals surface area contributed by atoms with Crippen molar-refractivity contribution in [3.8, 4) is 5.75 Å². The molecule has 3 heteroatoms. The fourth-order valence-electron chi connectivity index (χ4n) is 1.05. The van der Waals surface area contributed by atoms with Crippen molar-refractivity contribution < 1.29 is 4.74 Å². The zero-order valence-electron chi connectivity index (χ0n) is 7.33. The van der Waals surface area contributed by atoms with E-state index in [1.807, 2.05) is 24.3 Å². The molecule has 0 aliphatic rings. The first-order chi connectivity index (χ1) is 6.29. The van der Waals surface area contributed by atoms with Crippen LogP contribution in [0.2, 0.25) is 5.02 Å². The minimum absolute atomic E-state index is 0.629. The van der Waals surface area contributed by atoms with Crippen molar-refractivity contribution in [3.63, 3.8) is 0 Å². The van der Waals surface area contributed by atoms with Gasteiger partial charge in [-0.25, -0.2) is 0 Å². The van der Waals surface area contributed by atoms with Gasteiger partial charge in [0.05, 0.1) is 12.1 Å². The fraction of sp³-hybridized carbons (Fsp3) is 0.200. The molecule has 70 valence electrons. The molecule has 0 saturated heterocycles. The molecule has 0 fully saturated rings. The molecular formula is C10H11ClOS. The summed E-state index contributed by atoms with van der Waals surface area (Å²) in [6.45, 7) is 0. The van der Waals surface area contributed by atoms with Gasteiger partial charge in [-0.05, 0) is 6.07 Å². The van der Waals surface area contributed by atoms with Gasteiger partial charge in [-0.2, -0.15) is 12.6 Å². The number of thiol groups is 1. The number of benzene rings is 1. The van der Waals surface area contributed by atoms with Crippen LogP contribution in [0, 0.1) is 0 Å². The van der Waals surface area contributed by atoms with E-state index in [0.717, 1.165) is 5.56 Å². The first-order valence-corrected chi connectivity index (χ1v) is 4.90. The maximum Gasteiger partial charge on any atom is 0.144 e. The van der Waals surface area contributed by atoms with Crippen molar-refractivity contribution in [3.05, 3.63) is 34.9 Å². The van der Waals surface area contributed by atoms with Gasteiger partial charge >= 0.3 is 0 Å². The van der Waals surface area contributed by atoms with Gasteiger partial charge in [0.2, 0.25) is 0 Å². The van der Waals surface area contributed by atoms with E-state index >= 15 is 0 Å². The van der Waals surface area contributed by atoms with Crippen molar-refractivity contribution >= 4 is 30.3 Å². The molecule has 0 heterocycles. The molecule has 0 bridgehead atoms. The number of para-hydroxylation sites is 1. The van der Waals surface area contributed by atoms with Crippen LogP contribution >= 0.6 is 24.2 Å². The van der Waals surface area contributed by atoms with Gasteiger partial charge in [-0.1, -0.05) is 35.9 Å². The van der Waals surface area contributed by atoms with Gasteiger partial charge in [0.1, 0.15) is 5.75 Å². The summed E-state index contributed by atoms with van der Waals surface area (Å²) < 4.78 is 5.17. The highest BCUT2D eigenvalue weighted by atomic mass is 35.5. The average molecular weight is 215 g/mol. The standard InChI is InChI=1S/C10H11ClOS/c1-12-10-8(5-3-7-13)4-2-6-9(10)11/h2-6,13H,7H2,1H3. The summed E-state index contributed by atoms with van der Waals surface area (Å²) in [7, 11) is 1.61. The van der Waals surface area contributed by atoms with Crippen LogP contribution in [0.5, 0.6) is 5.75 Å². The first-order valence-electron chi connectivity index (χ1n) is 3.89. The number of rotatable bonds is 3. The van der Waals surface area contributed by atoms with E-state index in [-0.39, 0.29) is 0 Å². The second kappa shape index (κ2) is 5.20. The summed E-state index contributed by atoms with van der Waals surface area (Å²) in [5, 5.41) is 0.629. The van der Waals surface area contributed by atoms with E-state index in [2.05, 4.69) is 12.6 Å². The number of halogens is 1. The molecule has 0 N–H and O–H groups in total. The van der Waals surface area contributed by atoms with Crippen LogP contribution in [0.1, 0.15) is 5.56 Å². The third kappa shape index (κ3) is 2.68. The molecule has 0 spiro atoms. The first kappa shape index (κ1) is 10.5. The lowest BCUT2D eigenvalue weighted by Gasteiger charge is -2.05. The molecule has 1 nitrogen and oxygen atoms in total. The van der Waals surface area contributed by atoms with Crippen LogP contribution in [-0.2, 0) is 0 Å². The molecule has 1 rings (SSSR count). The van der Waals surface area contributed by atoms with Gasteiger partial charge in [0, 0.05) is 11.3 Å². The highest BCUT2D eigenvalue weighted by Crippen LogP contribution is 2.28. The molecule has 0 saturated carbocycles. The van der Waals surface area contributed by atoms with Crippen molar-refractivity contribution in [2.24, 2.45) is 0 Å². The lowest BCUT2D eigenvalue weighted by atomic mass is 10.2. The van der Waals surface area contributed by atoms with E-state index in [0.29, 0.717) is 16.5 Å². The molecular weight excluding hydrogens is 204 g/mol. The monoisotopic (exact) mass is 214 g/mol. The molecule has 13 heavy (non-hydrogen) atoms. The summed E-state index contributed by atoms with van der Waals surface area (Å²) >= 11 is 10.0. The van der Waals surface area contributed by atoms with Crippen LogP contribution in [-0.4, -0.2) is 12.9 Å². The van der Waals surface area contributed by atoms with Crippen LogP contribution in [0.4, 0.5) is 0 Å². The summed E-state index contributed by atoms with van der Waals surface area (Å²) in [5.41, 5.74) is 0.976. The minimum atomic E-state index is 0.629. The smallest absolute Gasteiger partial charge is 0.144 e. The Morgan fingerprint density at radius 3 is 2.92 bits per heavy atom. The average Bonchev–Trinajstić information content (AvgIpc) is 2.15. The predicted octanol–water partition coefficient (Wildman–Crippen LogP) is 3.29. The van der Waals surface area contributed by atoms with Gasteiger partial charge in [0.25, 0.3) is 0 Å². The minimum Gasteiger partial charge on any atom is -0.495 e. The highest BCUT2D eigenvalue weighted by molar-refractivity contribution is 7.80. The second-order valence-electron chi connectivity index (χ2n) is 2.45. The van der Waals surface area contributed by atoms with Gasteiger partial charge < -0.3 is 4.74 Å². The van der Waals surface area contributed by atoms with Crippen LogP contribution in [0.15, 0.2) is 24.3 Å². The molecule has 0 radical (unpaired) electrons. The SMILES string of the molecule is COc1c(Cl)cccc1C=CCS. The topological polar surface area (TPSA) is 9.23 Å². The third-order valence-corrected chi connectivity index (χ3v) is 2.11. The molecule has 0 amide bonds. The lowest BCUT2D eigenvalue weighted by molar-refractivity contribution is 0.414. The molecule has 0 atom stereocenters. The van der Waals surface area contributed by atoms with Crippen molar-refractivity contribution in [1.82, 2.24) is 0 Å². The molecule has 0 unspecified atom stereocenters. The number of ether oxygens (including phenoxy) is 1. The maximum absolute atomic E-state index is 5.93. The fourth-order valence-corrected chi connectivity index (χ4v) is 1.42. The number of hydrogen-bond acceptors (Lipinski definition) is 2. The van der Waals surface area contributed by atoms with Crippen molar-refractivity contribution in [1.29, 1.82) is 0 Å². The third-order valence-electron chi connectivity index (χ3n) is 1.60. The summed E-state index contributed by atoms with van der Waals surface area (Å²) in [6, 6.07) is 5.64. The molecule has 1 aromatic rings.